The first-order valence-electron chi connectivity index (χ1n) is 7.45. The van der Waals surface area contributed by atoms with Crippen molar-refractivity contribution in [1.82, 2.24) is 19.6 Å². The highest BCUT2D eigenvalue weighted by atomic mass is 16.3. The van der Waals surface area contributed by atoms with Gasteiger partial charge >= 0.3 is 0 Å². The minimum absolute atomic E-state index is 0.0271. The summed E-state index contributed by atoms with van der Waals surface area (Å²) in [5, 5.41) is 17.8. The molecular weight excluding hydrogens is 276 g/mol. The van der Waals surface area contributed by atoms with Crippen LogP contribution in [0.25, 0.3) is 11.3 Å². The second kappa shape index (κ2) is 6.15. The van der Waals surface area contributed by atoms with Crippen molar-refractivity contribution in [1.29, 1.82) is 0 Å². The first-order chi connectivity index (χ1) is 10.7. The van der Waals surface area contributed by atoms with Crippen LogP contribution in [-0.4, -0.2) is 24.7 Å². The maximum atomic E-state index is 9.07. The lowest BCUT2D eigenvalue weighted by molar-refractivity contribution is 0.281. The van der Waals surface area contributed by atoms with E-state index in [4.69, 9.17) is 5.11 Å². The van der Waals surface area contributed by atoms with E-state index < -0.39 is 0 Å². The molecule has 0 aliphatic carbocycles. The Morgan fingerprint density at radius 1 is 1.14 bits per heavy atom. The van der Waals surface area contributed by atoms with Gasteiger partial charge in [-0.1, -0.05) is 24.3 Å². The van der Waals surface area contributed by atoms with Gasteiger partial charge in [0.25, 0.3) is 0 Å². The lowest BCUT2D eigenvalue weighted by Crippen LogP contribution is -2.01. The third-order valence-electron chi connectivity index (χ3n) is 3.67. The van der Waals surface area contributed by atoms with Gasteiger partial charge < -0.3 is 5.11 Å². The largest absolute Gasteiger partial charge is 0.392 e. The van der Waals surface area contributed by atoms with Crippen LogP contribution in [0.2, 0.25) is 0 Å². The zero-order valence-electron chi connectivity index (χ0n) is 12.9. The summed E-state index contributed by atoms with van der Waals surface area (Å²) in [7, 11) is 0. The van der Waals surface area contributed by atoms with Crippen LogP contribution in [0.3, 0.4) is 0 Å². The molecule has 3 aromatic rings. The van der Waals surface area contributed by atoms with Gasteiger partial charge in [0, 0.05) is 18.3 Å². The lowest BCUT2D eigenvalue weighted by atomic mass is 10.1. The summed E-state index contributed by atoms with van der Waals surface area (Å²) >= 11 is 0. The summed E-state index contributed by atoms with van der Waals surface area (Å²) in [6.45, 7) is 5.70. The predicted octanol–water partition coefficient (Wildman–Crippen LogP) is 2.62. The van der Waals surface area contributed by atoms with E-state index in [2.05, 4.69) is 47.5 Å². The Labute approximate surface area is 129 Å². The van der Waals surface area contributed by atoms with E-state index >= 15 is 0 Å². The van der Waals surface area contributed by atoms with Gasteiger partial charge in [-0.25, -0.2) is 0 Å². The summed E-state index contributed by atoms with van der Waals surface area (Å²) in [4.78, 5) is 0. The molecule has 0 fully saturated rings. The van der Waals surface area contributed by atoms with Gasteiger partial charge in [0.15, 0.2) is 0 Å². The van der Waals surface area contributed by atoms with Crippen molar-refractivity contribution >= 4 is 0 Å². The second-order valence-electron chi connectivity index (χ2n) is 5.39. The minimum Gasteiger partial charge on any atom is -0.392 e. The van der Waals surface area contributed by atoms with Gasteiger partial charge in [-0.2, -0.15) is 10.2 Å². The fourth-order valence-electron chi connectivity index (χ4n) is 2.56. The normalized spacial score (nSPS) is 11.0. The minimum atomic E-state index is 0.0271. The summed E-state index contributed by atoms with van der Waals surface area (Å²) in [5.41, 5.74) is 5.36. The Morgan fingerprint density at radius 2 is 1.91 bits per heavy atom. The number of aryl methyl sites for hydroxylation is 2. The van der Waals surface area contributed by atoms with Crippen LogP contribution in [0.1, 0.15) is 23.7 Å². The fraction of sp³-hybridized carbons (Fsp3) is 0.294. The van der Waals surface area contributed by atoms with Gasteiger partial charge in [0.05, 0.1) is 30.7 Å². The van der Waals surface area contributed by atoms with Crippen LogP contribution < -0.4 is 0 Å². The number of hydrogen-bond acceptors (Lipinski definition) is 3. The molecule has 0 bridgehead atoms. The first-order valence-corrected chi connectivity index (χ1v) is 7.45. The van der Waals surface area contributed by atoms with Crippen molar-refractivity contribution < 1.29 is 5.11 Å². The zero-order valence-corrected chi connectivity index (χ0v) is 12.9. The molecule has 22 heavy (non-hydrogen) atoms. The van der Waals surface area contributed by atoms with E-state index in [1.165, 1.54) is 11.1 Å². The topological polar surface area (TPSA) is 55.9 Å². The monoisotopic (exact) mass is 296 g/mol. The third-order valence-corrected chi connectivity index (χ3v) is 3.67. The summed E-state index contributed by atoms with van der Waals surface area (Å²) in [6, 6.07) is 10.6. The van der Waals surface area contributed by atoms with E-state index in [0.717, 1.165) is 23.5 Å². The molecule has 0 atom stereocenters. The van der Waals surface area contributed by atoms with Gasteiger partial charge in [-0.15, -0.1) is 0 Å². The number of hydrogen-bond donors (Lipinski definition) is 1. The van der Waals surface area contributed by atoms with Crippen LogP contribution in [0.4, 0.5) is 0 Å². The molecule has 1 N–H and O–H groups in total. The Bertz CT molecular complexity index is 755. The number of aromatic nitrogens is 4. The number of nitrogens with zero attached hydrogens (tertiary/aromatic N) is 4. The fourth-order valence-corrected chi connectivity index (χ4v) is 2.56. The van der Waals surface area contributed by atoms with Crippen molar-refractivity contribution in [3.63, 3.8) is 0 Å². The molecule has 0 amide bonds. The van der Waals surface area contributed by atoms with Crippen molar-refractivity contribution in [3.05, 3.63) is 59.5 Å². The average Bonchev–Trinajstić information content (AvgIpc) is 3.14. The number of rotatable bonds is 5. The van der Waals surface area contributed by atoms with Crippen molar-refractivity contribution in [3.8, 4) is 11.3 Å². The van der Waals surface area contributed by atoms with Crippen LogP contribution in [0.5, 0.6) is 0 Å². The summed E-state index contributed by atoms with van der Waals surface area (Å²) in [5.74, 6) is 0. The highest BCUT2D eigenvalue weighted by Gasteiger charge is 2.07. The molecule has 1 aromatic carbocycles. The first kappa shape index (κ1) is 14.5. The van der Waals surface area contributed by atoms with E-state index in [1.807, 2.05) is 22.5 Å². The van der Waals surface area contributed by atoms with Crippen LogP contribution in [-0.2, 0) is 19.7 Å². The molecule has 0 unspecified atom stereocenters. The summed E-state index contributed by atoms with van der Waals surface area (Å²) in [6.07, 6.45) is 3.56. The quantitative estimate of drug-likeness (QED) is 0.787. The Hall–Kier alpha value is -2.40. The molecule has 5 heteroatoms. The van der Waals surface area contributed by atoms with Crippen molar-refractivity contribution in [2.45, 2.75) is 33.5 Å². The molecule has 5 nitrogen and oxygen atoms in total. The molecule has 0 aliphatic heterocycles. The van der Waals surface area contributed by atoms with Crippen LogP contribution in [0, 0.1) is 6.92 Å². The zero-order chi connectivity index (χ0) is 15.5. The second-order valence-corrected chi connectivity index (χ2v) is 5.39. The number of aliphatic hydroxyl groups is 1. The standard InChI is InChI=1S/C17H20N4O/c1-3-21-17(8-13(2)19-21)16-6-4-14(5-7-16)10-20-11-15(12-22)9-18-20/h4-9,11,22H,3,10,12H2,1-2H3. The smallest absolute Gasteiger partial charge is 0.0712 e. The molecular formula is C17H20N4O. The van der Waals surface area contributed by atoms with E-state index in [9.17, 15) is 0 Å². The molecule has 0 spiro atoms. The molecule has 0 saturated carbocycles. The lowest BCUT2D eigenvalue weighted by Gasteiger charge is -2.06. The Kier molecular flexibility index (Phi) is 4.06. The molecule has 2 heterocycles. The number of benzene rings is 1. The van der Waals surface area contributed by atoms with E-state index in [0.29, 0.717) is 6.54 Å². The van der Waals surface area contributed by atoms with Gasteiger partial charge in [0.2, 0.25) is 0 Å². The molecule has 2 aromatic heterocycles. The predicted molar refractivity (Wildman–Crippen MR) is 85.3 cm³/mol. The van der Waals surface area contributed by atoms with E-state index in [1.54, 1.807) is 6.20 Å². The Balaban J connectivity index is 1.80. The third kappa shape index (κ3) is 2.94. The summed E-state index contributed by atoms with van der Waals surface area (Å²) < 4.78 is 3.85. The highest BCUT2D eigenvalue weighted by molar-refractivity contribution is 5.60. The van der Waals surface area contributed by atoms with Crippen molar-refractivity contribution in [2.24, 2.45) is 0 Å². The van der Waals surface area contributed by atoms with Gasteiger partial charge in [0.1, 0.15) is 0 Å². The molecule has 0 saturated heterocycles. The molecule has 0 radical (unpaired) electrons. The molecule has 0 aliphatic rings. The molecule has 3 rings (SSSR count). The van der Waals surface area contributed by atoms with Gasteiger partial charge in [-0.05, 0) is 31.0 Å². The molecule has 114 valence electrons. The SMILES string of the molecule is CCn1nc(C)cc1-c1ccc(Cn2cc(CO)cn2)cc1. The van der Waals surface area contributed by atoms with Gasteiger partial charge in [-0.3, -0.25) is 9.36 Å². The highest BCUT2D eigenvalue weighted by Crippen LogP contribution is 2.21. The van der Waals surface area contributed by atoms with Crippen molar-refractivity contribution in [2.75, 3.05) is 0 Å². The van der Waals surface area contributed by atoms with Crippen LogP contribution >= 0.6 is 0 Å². The maximum Gasteiger partial charge on any atom is 0.0712 e. The van der Waals surface area contributed by atoms with E-state index in [-0.39, 0.29) is 6.61 Å². The van der Waals surface area contributed by atoms with Crippen LogP contribution in [0.15, 0.2) is 42.7 Å². The average molecular weight is 296 g/mol. The Morgan fingerprint density at radius 3 is 2.55 bits per heavy atom. The maximum absolute atomic E-state index is 9.07. The number of aliphatic hydroxyl groups excluding tert-OH is 1.